The Morgan fingerprint density at radius 3 is 2.70 bits per heavy atom. The molecule has 0 bridgehead atoms. The minimum absolute atomic E-state index is 0.0243. The fourth-order valence-corrected chi connectivity index (χ4v) is 3.36. The van der Waals surface area contributed by atoms with Crippen LogP contribution < -0.4 is 10.6 Å². The van der Waals surface area contributed by atoms with Gasteiger partial charge < -0.3 is 20.6 Å². The second-order valence-corrected chi connectivity index (χ2v) is 7.40. The maximum absolute atomic E-state index is 12.7. The van der Waals surface area contributed by atoms with Crippen molar-refractivity contribution in [2.45, 2.75) is 58.8 Å². The van der Waals surface area contributed by atoms with Gasteiger partial charge in [-0.25, -0.2) is 9.97 Å². The summed E-state index contributed by atoms with van der Waals surface area (Å²) in [6.45, 7) is 8.81. The van der Waals surface area contributed by atoms with E-state index >= 15 is 0 Å². The minimum Gasteiger partial charge on any atom is -0.353 e. The van der Waals surface area contributed by atoms with Gasteiger partial charge in [-0.15, -0.1) is 0 Å². The van der Waals surface area contributed by atoms with Crippen molar-refractivity contribution in [1.29, 1.82) is 0 Å². The van der Waals surface area contributed by atoms with Crippen LogP contribution in [0.2, 0.25) is 0 Å². The number of carbonyl (C=O) groups excluding carboxylic acids is 2. The van der Waals surface area contributed by atoms with Crippen LogP contribution in [0.25, 0.3) is 0 Å². The van der Waals surface area contributed by atoms with Crippen molar-refractivity contribution in [3.05, 3.63) is 35.4 Å². The predicted molar refractivity (Wildman–Crippen MR) is 100.0 cm³/mol. The first-order chi connectivity index (χ1) is 12.8. The third kappa shape index (κ3) is 4.54. The molecule has 1 aliphatic rings. The van der Waals surface area contributed by atoms with Gasteiger partial charge in [0.15, 0.2) is 5.82 Å². The molecule has 9 nitrogen and oxygen atoms in total. The lowest BCUT2D eigenvalue weighted by molar-refractivity contribution is -0.126. The largest absolute Gasteiger partial charge is 0.353 e. The van der Waals surface area contributed by atoms with Crippen LogP contribution in [-0.4, -0.2) is 61.3 Å². The Kier molecular flexibility index (Phi) is 5.59. The molecule has 3 heterocycles. The molecule has 0 radical (unpaired) electrons. The number of rotatable bonds is 6. The van der Waals surface area contributed by atoms with Gasteiger partial charge in [0.05, 0.1) is 18.1 Å². The van der Waals surface area contributed by atoms with Gasteiger partial charge in [-0.05, 0) is 34.1 Å². The van der Waals surface area contributed by atoms with Crippen LogP contribution in [0.3, 0.4) is 0 Å². The van der Waals surface area contributed by atoms with E-state index in [0.717, 1.165) is 17.1 Å². The molecule has 2 aromatic heterocycles. The number of aromatic amines is 2. The smallest absolute Gasteiger partial charge is 0.287 e. The SMILES string of the molecule is Cc1cnc(C(=O)N[C@@H]2C[C@@H](C(=O)NC(C)C)N(Cc3nc[nH]c3C)C2)[nH]1. The Balaban J connectivity index is 1.71. The van der Waals surface area contributed by atoms with E-state index in [9.17, 15) is 9.59 Å². The summed E-state index contributed by atoms with van der Waals surface area (Å²) in [6.07, 6.45) is 3.82. The third-order valence-corrected chi connectivity index (χ3v) is 4.68. The fraction of sp³-hybridized carbons (Fsp3) is 0.556. The number of imidazole rings is 2. The van der Waals surface area contributed by atoms with Crippen LogP contribution in [0.4, 0.5) is 0 Å². The quantitative estimate of drug-likeness (QED) is 0.593. The van der Waals surface area contributed by atoms with Crippen LogP contribution in [0.5, 0.6) is 0 Å². The highest BCUT2D eigenvalue weighted by molar-refractivity contribution is 5.91. The highest BCUT2D eigenvalue weighted by atomic mass is 16.2. The highest BCUT2D eigenvalue weighted by Gasteiger charge is 2.38. The number of H-pyrrole nitrogens is 2. The number of nitrogens with one attached hydrogen (secondary N) is 4. The van der Waals surface area contributed by atoms with Crippen LogP contribution >= 0.6 is 0 Å². The first-order valence-electron chi connectivity index (χ1n) is 9.19. The van der Waals surface area contributed by atoms with Gasteiger partial charge in [0.2, 0.25) is 5.91 Å². The summed E-state index contributed by atoms with van der Waals surface area (Å²) < 4.78 is 0. The first kappa shape index (κ1) is 19.1. The maximum Gasteiger partial charge on any atom is 0.287 e. The van der Waals surface area contributed by atoms with E-state index < -0.39 is 0 Å². The van der Waals surface area contributed by atoms with Crippen LogP contribution in [0, 0.1) is 13.8 Å². The summed E-state index contributed by atoms with van der Waals surface area (Å²) in [6, 6.07) is -0.386. The molecule has 27 heavy (non-hydrogen) atoms. The van der Waals surface area contributed by atoms with E-state index in [2.05, 4.69) is 35.5 Å². The zero-order valence-corrected chi connectivity index (χ0v) is 16.2. The van der Waals surface area contributed by atoms with Crippen molar-refractivity contribution in [2.24, 2.45) is 0 Å². The number of hydrogen-bond donors (Lipinski definition) is 4. The molecule has 9 heteroatoms. The maximum atomic E-state index is 12.7. The second-order valence-electron chi connectivity index (χ2n) is 7.40. The molecule has 1 fully saturated rings. The number of nitrogens with zero attached hydrogens (tertiary/aromatic N) is 3. The molecule has 2 amide bonds. The molecule has 1 saturated heterocycles. The predicted octanol–water partition coefficient (Wildman–Crippen LogP) is 0.647. The van der Waals surface area contributed by atoms with E-state index in [1.165, 1.54) is 0 Å². The Morgan fingerprint density at radius 2 is 2.11 bits per heavy atom. The van der Waals surface area contributed by atoms with E-state index in [4.69, 9.17) is 0 Å². The Labute approximate surface area is 158 Å². The van der Waals surface area contributed by atoms with Gasteiger partial charge in [-0.2, -0.15) is 0 Å². The zero-order valence-electron chi connectivity index (χ0n) is 16.2. The molecule has 146 valence electrons. The molecule has 2 aromatic rings. The summed E-state index contributed by atoms with van der Waals surface area (Å²) in [5, 5.41) is 5.97. The molecule has 2 atom stereocenters. The number of hydrogen-bond acceptors (Lipinski definition) is 5. The Bertz CT molecular complexity index is 810. The van der Waals surface area contributed by atoms with Gasteiger partial charge in [0.25, 0.3) is 5.91 Å². The molecule has 0 spiro atoms. The topological polar surface area (TPSA) is 119 Å². The number of carbonyl (C=O) groups is 2. The summed E-state index contributed by atoms with van der Waals surface area (Å²) in [7, 11) is 0. The van der Waals surface area contributed by atoms with Crippen molar-refractivity contribution >= 4 is 11.8 Å². The number of likely N-dealkylation sites (tertiary alicyclic amines) is 1. The monoisotopic (exact) mass is 373 g/mol. The van der Waals surface area contributed by atoms with Gasteiger partial charge in [0, 0.05) is 42.8 Å². The first-order valence-corrected chi connectivity index (χ1v) is 9.19. The van der Waals surface area contributed by atoms with Crippen LogP contribution in [0.15, 0.2) is 12.5 Å². The molecule has 0 saturated carbocycles. The average molecular weight is 373 g/mol. The Morgan fingerprint density at radius 1 is 1.33 bits per heavy atom. The standard InChI is InChI=1S/C18H27N7O2/c1-10(2)22-17(26)15-5-13(24-18(27)16-19-6-11(3)23-16)7-25(15)8-14-12(4)20-9-21-14/h6,9-10,13,15H,5,7-8H2,1-4H3,(H,19,23)(H,20,21)(H,22,26)(H,24,27)/t13-,15+/m1/s1. The lowest BCUT2D eigenvalue weighted by Gasteiger charge is -2.23. The van der Waals surface area contributed by atoms with Crippen molar-refractivity contribution in [1.82, 2.24) is 35.5 Å². The van der Waals surface area contributed by atoms with Crippen LogP contribution in [-0.2, 0) is 11.3 Å². The van der Waals surface area contributed by atoms with Gasteiger partial charge in [-0.3, -0.25) is 14.5 Å². The third-order valence-electron chi connectivity index (χ3n) is 4.68. The zero-order chi connectivity index (χ0) is 19.6. The summed E-state index contributed by atoms with van der Waals surface area (Å²) in [5.74, 6) is 0.00924. The molecule has 3 rings (SSSR count). The van der Waals surface area contributed by atoms with E-state index in [1.54, 1.807) is 12.5 Å². The molecule has 0 unspecified atom stereocenters. The van der Waals surface area contributed by atoms with E-state index in [-0.39, 0.29) is 35.8 Å². The number of aryl methyl sites for hydroxylation is 2. The minimum atomic E-state index is -0.313. The summed E-state index contributed by atoms with van der Waals surface area (Å²) >= 11 is 0. The summed E-state index contributed by atoms with van der Waals surface area (Å²) in [5.41, 5.74) is 2.72. The molecule has 1 aliphatic heterocycles. The lowest BCUT2D eigenvalue weighted by atomic mass is 10.1. The van der Waals surface area contributed by atoms with Crippen molar-refractivity contribution in [2.75, 3.05) is 6.54 Å². The van der Waals surface area contributed by atoms with Crippen molar-refractivity contribution in [3.63, 3.8) is 0 Å². The van der Waals surface area contributed by atoms with Crippen molar-refractivity contribution in [3.8, 4) is 0 Å². The number of aromatic nitrogens is 4. The molecule has 4 N–H and O–H groups in total. The van der Waals surface area contributed by atoms with E-state index in [0.29, 0.717) is 19.5 Å². The highest BCUT2D eigenvalue weighted by Crippen LogP contribution is 2.22. The average Bonchev–Trinajstić information content (AvgIpc) is 3.29. The van der Waals surface area contributed by atoms with Gasteiger partial charge in [-0.1, -0.05) is 0 Å². The molecular weight excluding hydrogens is 346 g/mol. The molecule has 0 aliphatic carbocycles. The normalized spacial score (nSPS) is 20.2. The van der Waals surface area contributed by atoms with Gasteiger partial charge >= 0.3 is 0 Å². The van der Waals surface area contributed by atoms with Gasteiger partial charge in [0.1, 0.15) is 0 Å². The van der Waals surface area contributed by atoms with Crippen molar-refractivity contribution < 1.29 is 9.59 Å². The fourth-order valence-electron chi connectivity index (χ4n) is 3.36. The van der Waals surface area contributed by atoms with Crippen LogP contribution in [0.1, 0.15) is 48.0 Å². The second kappa shape index (κ2) is 7.91. The molecule has 0 aromatic carbocycles. The van der Waals surface area contributed by atoms with E-state index in [1.807, 2.05) is 27.7 Å². The summed E-state index contributed by atoms with van der Waals surface area (Å²) in [4.78, 5) is 41.6. The Hall–Kier alpha value is -2.68. The number of amides is 2. The molecular formula is C18H27N7O2. The lowest BCUT2D eigenvalue weighted by Crippen LogP contribution is -2.45.